The quantitative estimate of drug-likeness (QED) is 0.785. The van der Waals surface area contributed by atoms with Crippen LogP contribution < -0.4 is 0 Å². The second-order valence-corrected chi connectivity index (χ2v) is 4.42. The third kappa shape index (κ3) is 4.08. The molecule has 0 radical (unpaired) electrons. The average Bonchev–Trinajstić information content (AvgIpc) is 2.46. The minimum Gasteiger partial charge on any atom is -0.396 e. The van der Waals surface area contributed by atoms with Crippen LogP contribution in [0.15, 0.2) is 54.1 Å². The zero-order valence-corrected chi connectivity index (χ0v) is 11.6. The number of benzene rings is 1. The lowest BCUT2D eigenvalue weighted by Crippen LogP contribution is -2.15. The first-order chi connectivity index (χ1) is 9.28. The third-order valence-electron chi connectivity index (χ3n) is 3.26. The predicted molar refractivity (Wildman–Crippen MR) is 78.6 cm³/mol. The molecule has 19 heavy (non-hydrogen) atoms. The molecule has 0 saturated carbocycles. The summed E-state index contributed by atoms with van der Waals surface area (Å²) < 4.78 is 0. The fourth-order valence-corrected chi connectivity index (χ4v) is 2.33. The summed E-state index contributed by atoms with van der Waals surface area (Å²) in [6.07, 6.45) is 6.49. The van der Waals surface area contributed by atoms with E-state index in [4.69, 9.17) is 0 Å². The first kappa shape index (κ1) is 15.2. The van der Waals surface area contributed by atoms with Crippen molar-refractivity contribution < 1.29 is 5.11 Å². The molecule has 1 rings (SSSR count). The van der Waals surface area contributed by atoms with Gasteiger partial charge in [0.15, 0.2) is 0 Å². The van der Waals surface area contributed by atoms with Gasteiger partial charge in [0.1, 0.15) is 0 Å². The molecule has 0 spiro atoms. The molecule has 100 valence electrons. The third-order valence-corrected chi connectivity index (χ3v) is 3.26. The van der Waals surface area contributed by atoms with Crippen LogP contribution in [0.4, 0.5) is 0 Å². The zero-order valence-electron chi connectivity index (χ0n) is 11.6. The van der Waals surface area contributed by atoms with Gasteiger partial charge in [-0.05, 0) is 31.4 Å². The van der Waals surface area contributed by atoms with E-state index in [1.165, 1.54) is 0 Å². The first-order valence-electron chi connectivity index (χ1n) is 6.62. The van der Waals surface area contributed by atoms with E-state index >= 15 is 0 Å². The average molecular weight is 255 g/mol. The summed E-state index contributed by atoms with van der Waals surface area (Å²) >= 11 is 0. The molecule has 0 aliphatic heterocycles. The Kier molecular flexibility index (Phi) is 6.63. The Labute approximate surface area is 115 Å². The van der Waals surface area contributed by atoms with Gasteiger partial charge in [-0.2, -0.15) is 5.26 Å². The van der Waals surface area contributed by atoms with Crippen LogP contribution in [0.5, 0.6) is 0 Å². The maximum Gasteiger partial charge on any atom is 0.0778 e. The Morgan fingerprint density at radius 1 is 1.32 bits per heavy atom. The Hall–Kier alpha value is -1.85. The normalized spacial score (nSPS) is 15.2. The topological polar surface area (TPSA) is 44.0 Å². The Balaban J connectivity index is 3.13. The highest BCUT2D eigenvalue weighted by atomic mass is 16.3. The lowest BCUT2D eigenvalue weighted by atomic mass is 9.80. The number of aliphatic hydroxyl groups is 1. The molecule has 2 unspecified atom stereocenters. The maximum absolute atomic E-state index is 9.51. The molecular weight excluding hydrogens is 234 g/mol. The number of nitriles is 1. The van der Waals surface area contributed by atoms with Gasteiger partial charge < -0.3 is 5.11 Å². The maximum atomic E-state index is 9.51. The van der Waals surface area contributed by atoms with Gasteiger partial charge in [-0.25, -0.2) is 0 Å². The smallest absolute Gasteiger partial charge is 0.0778 e. The Morgan fingerprint density at radius 3 is 2.47 bits per heavy atom. The number of aliphatic hydroxyl groups excluding tert-OH is 1. The zero-order chi connectivity index (χ0) is 14.1. The van der Waals surface area contributed by atoms with Gasteiger partial charge in [0.2, 0.25) is 0 Å². The molecule has 2 heteroatoms. The number of nitrogens with zero attached hydrogens (tertiary/aromatic N) is 1. The van der Waals surface area contributed by atoms with E-state index in [0.29, 0.717) is 6.42 Å². The molecule has 1 N–H and O–H groups in total. The molecule has 1 aromatic carbocycles. The van der Waals surface area contributed by atoms with Crippen molar-refractivity contribution in [2.75, 3.05) is 6.61 Å². The summed E-state index contributed by atoms with van der Waals surface area (Å²) in [7, 11) is 0. The van der Waals surface area contributed by atoms with Gasteiger partial charge in [0.25, 0.3) is 0 Å². The summed E-state index contributed by atoms with van der Waals surface area (Å²) in [5.41, 5.74) is 2.11. The minimum atomic E-state index is -0.226. The van der Waals surface area contributed by atoms with Crippen LogP contribution in [0.25, 0.3) is 0 Å². The highest BCUT2D eigenvalue weighted by Gasteiger charge is 2.24. The largest absolute Gasteiger partial charge is 0.396 e. The summed E-state index contributed by atoms with van der Waals surface area (Å²) in [6.45, 7) is 3.98. The number of rotatable bonds is 6. The van der Waals surface area contributed by atoms with Crippen LogP contribution in [-0.2, 0) is 0 Å². The van der Waals surface area contributed by atoms with Crippen LogP contribution in [0.3, 0.4) is 0 Å². The monoisotopic (exact) mass is 255 g/mol. The van der Waals surface area contributed by atoms with Crippen molar-refractivity contribution in [1.82, 2.24) is 0 Å². The van der Waals surface area contributed by atoms with E-state index in [0.717, 1.165) is 11.1 Å². The lowest BCUT2D eigenvalue weighted by Gasteiger charge is -2.22. The van der Waals surface area contributed by atoms with Gasteiger partial charge in [-0.15, -0.1) is 0 Å². The van der Waals surface area contributed by atoms with Crippen LogP contribution in [0.1, 0.15) is 31.7 Å². The van der Waals surface area contributed by atoms with Gasteiger partial charge >= 0.3 is 0 Å². The molecule has 0 saturated heterocycles. The summed E-state index contributed by atoms with van der Waals surface area (Å²) in [4.78, 5) is 0. The van der Waals surface area contributed by atoms with Crippen LogP contribution >= 0.6 is 0 Å². The van der Waals surface area contributed by atoms with Crippen molar-refractivity contribution in [2.45, 2.75) is 26.2 Å². The van der Waals surface area contributed by atoms with Crippen molar-refractivity contribution in [3.8, 4) is 6.07 Å². The molecule has 0 aliphatic carbocycles. The Morgan fingerprint density at radius 2 is 2.00 bits per heavy atom. The predicted octanol–water partition coefficient (Wildman–Crippen LogP) is 3.81. The van der Waals surface area contributed by atoms with Crippen LogP contribution in [0.2, 0.25) is 0 Å². The van der Waals surface area contributed by atoms with E-state index in [9.17, 15) is 10.4 Å². The van der Waals surface area contributed by atoms with Gasteiger partial charge in [-0.1, -0.05) is 48.6 Å². The number of hydrogen-bond donors (Lipinski definition) is 1. The van der Waals surface area contributed by atoms with Crippen molar-refractivity contribution in [3.63, 3.8) is 0 Å². The van der Waals surface area contributed by atoms with Gasteiger partial charge in [-0.3, -0.25) is 0 Å². The van der Waals surface area contributed by atoms with Gasteiger partial charge in [0, 0.05) is 12.5 Å². The summed E-state index contributed by atoms with van der Waals surface area (Å²) in [6, 6.07) is 12.3. The highest BCUT2D eigenvalue weighted by molar-refractivity contribution is 5.33. The number of hydrogen-bond acceptors (Lipinski definition) is 2. The summed E-state index contributed by atoms with van der Waals surface area (Å²) in [5, 5.41) is 18.8. The molecule has 0 aliphatic rings. The number of allylic oxidation sites excluding steroid dienone is 4. The second kappa shape index (κ2) is 8.29. The molecule has 1 aromatic rings. The van der Waals surface area contributed by atoms with Gasteiger partial charge in [0.05, 0.1) is 12.0 Å². The second-order valence-electron chi connectivity index (χ2n) is 4.42. The van der Waals surface area contributed by atoms with E-state index in [2.05, 4.69) is 6.07 Å². The van der Waals surface area contributed by atoms with Crippen molar-refractivity contribution in [2.24, 2.45) is 5.92 Å². The minimum absolute atomic E-state index is 0.0265. The van der Waals surface area contributed by atoms with E-state index in [1.54, 1.807) is 0 Å². The van der Waals surface area contributed by atoms with E-state index in [1.807, 2.05) is 62.4 Å². The first-order valence-corrected chi connectivity index (χ1v) is 6.62. The molecule has 0 fully saturated rings. The molecule has 0 aromatic heterocycles. The van der Waals surface area contributed by atoms with E-state index < -0.39 is 0 Å². The highest BCUT2D eigenvalue weighted by Crippen LogP contribution is 2.33. The van der Waals surface area contributed by atoms with Crippen molar-refractivity contribution in [1.29, 1.82) is 5.26 Å². The summed E-state index contributed by atoms with van der Waals surface area (Å²) in [5.74, 6) is -0.200. The fourth-order valence-electron chi connectivity index (χ4n) is 2.33. The fraction of sp³-hybridized carbons (Fsp3) is 0.353. The molecule has 0 bridgehead atoms. The van der Waals surface area contributed by atoms with Crippen molar-refractivity contribution in [3.05, 3.63) is 59.7 Å². The SMILES string of the molecule is C/C=C\C(=C/C)C(C#N)C(CCO)c1ccccc1. The molecule has 0 amide bonds. The lowest BCUT2D eigenvalue weighted by molar-refractivity contribution is 0.269. The standard InChI is InChI=1S/C17H21NO/c1-3-8-14(4-2)17(13-18)16(11-12-19)15-9-6-5-7-10-15/h3-10,16-17,19H,11-12H2,1-2H3/b8-3-,14-4+. The molecule has 2 atom stereocenters. The van der Waals surface area contributed by atoms with Crippen LogP contribution in [0, 0.1) is 17.2 Å². The van der Waals surface area contributed by atoms with Crippen molar-refractivity contribution >= 4 is 0 Å². The van der Waals surface area contributed by atoms with Crippen LogP contribution in [-0.4, -0.2) is 11.7 Å². The van der Waals surface area contributed by atoms with E-state index in [-0.39, 0.29) is 18.4 Å². The molecule has 2 nitrogen and oxygen atoms in total. The molecular formula is C17H21NO. The Bertz CT molecular complexity index is 468. The molecule has 0 heterocycles.